The minimum atomic E-state index is -1.41. The zero-order valence-electron chi connectivity index (χ0n) is 19.0. The summed E-state index contributed by atoms with van der Waals surface area (Å²) in [5.41, 5.74) is 0. The van der Waals surface area contributed by atoms with E-state index in [9.17, 15) is 14.4 Å². The second-order valence-corrected chi connectivity index (χ2v) is 9.20. The van der Waals surface area contributed by atoms with Crippen molar-refractivity contribution in [2.24, 2.45) is 11.8 Å². The second kappa shape index (κ2) is 11.0. The average molecular weight is 453 g/mol. The molecule has 2 rings (SSSR count). The number of esters is 3. The van der Waals surface area contributed by atoms with Gasteiger partial charge >= 0.3 is 17.9 Å². The molecule has 1 aromatic rings. The third kappa shape index (κ3) is 6.23. The van der Waals surface area contributed by atoms with Gasteiger partial charge in [0.2, 0.25) is 4.93 Å². The van der Waals surface area contributed by atoms with Crippen molar-refractivity contribution in [1.82, 2.24) is 0 Å². The van der Waals surface area contributed by atoms with Crippen LogP contribution in [0, 0.1) is 11.8 Å². The molecule has 1 fully saturated rings. The molecule has 8 heteroatoms. The molecule has 172 valence electrons. The lowest BCUT2D eigenvalue weighted by Gasteiger charge is -2.47. The first-order valence-corrected chi connectivity index (χ1v) is 11.3. The van der Waals surface area contributed by atoms with Crippen molar-refractivity contribution in [3.63, 3.8) is 0 Å². The first-order valence-electron chi connectivity index (χ1n) is 10.5. The van der Waals surface area contributed by atoms with Gasteiger partial charge in [-0.05, 0) is 18.6 Å². The van der Waals surface area contributed by atoms with Gasteiger partial charge in [-0.25, -0.2) is 4.79 Å². The Kier molecular flexibility index (Phi) is 8.94. The summed E-state index contributed by atoms with van der Waals surface area (Å²) in [5, 5.41) is 0. The van der Waals surface area contributed by atoms with Crippen LogP contribution in [0.2, 0.25) is 0 Å². The summed E-state index contributed by atoms with van der Waals surface area (Å²) in [6, 6.07) is 9.39. The van der Waals surface area contributed by atoms with Crippen LogP contribution in [-0.4, -0.2) is 48.3 Å². The number of carbonyl (C=O) groups is 3. The molecule has 1 aliphatic heterocycles. The third-order valence-corrected chi connectivity index (χ3v) is 6.83. The monoisotopic (exact) mass is 452 g/mol. The first kappa shape index (κ1) is 25.2. The molecule has 1 heterocycles. The topological polar surface area (TPSA) is 88.1 Å². The standard InChI is InChI=1S/C23H32O7S/c1-7-19(28-16(4)24)14(2)21-15(3)20(29-17(5)25)13-23(30-21,22(26)27-6)31-18-11-9-8-10-12-18/h8-12,14-15,19-21H,7,13H2,1-6H3/t14-,15?,19-,20?,21?,23?/m1/s1. The third-order valence-electron chi connectivity index (χ3n) is 5.57. The molecule has 1 saturated heterocycles. The minimum absolute atomic E-state index is 0.146. The van der Waals surface area contributed by atoms with Gasteiger partial charge in [-0.2, -0.15) is 0 Å². The first-order chi connectivity index (χ1) is 14.6. The Morgan fingerprint density at radius 2 is 1.84 bits per heavy atom. The maximum absolute atomic E-state index is 13.0. The van der Waals surface area contributed by atoms with E-state index in [-0.39, 0.29) is 24.2 Å². The van der Waals surface area contributed by atoms with Crippen LogP contribution in [0.5, 0.6) is 0 Å². The van der Waals surface area contributed by atoms with E-state index in [0.29, 0.717) is 6.42 Å². The quantitative estimate of drug-likeness (QED) is 0.432. The Labute approximate surface area is 188 Å². The van der Waals surface area contributed by atoms with Crippen LogP contribution >= 0.6 is 11.8 Å². The molecule has 0 amide bonds. The number of methoxy groups -OCH3 is 1. The molecule has 6 atom stereocenters. The number of hydrogen-bond donors (Lipinski definition) is 0. The van der Waals surface area contributed by atoms with Crippen molar-refractivity contribution in [3.8, 4) is 0 Å². The highest BCUT2D eigenvalue weighted by Crippen LogP contribution is 2.48. The summed E-state index contributed by atoms with van der Waals surface area (Å²) in [4.78, 5) is 35.9. The molecule has 31 heavy (non-hydrogen) atoms. The van der Waals surface area contributed by atoms with Gasteiger partial charge < -0.3 is 18.9 Å². The smallest absolute Gasteiger partial charge is 0.349 e. The molecule has 0 aliphatic carbocycles. The largest absolute Gasteiger partial charge is 0.466 e. The van der Waals surface area contributed by atoms with Gasteiger partial charge in [-0.3, -0.25) is 9.59 Å². The van der Waals surface area contributed by atoms with Crippen LogP contribution in [0.4, 0.5) is 0 Å². The molecule has 7 nitrogen and oxygen atoms in total. The Balaban J connectivity index is 2.47. The van der Waals surface area contributed by atoms with Gasteiger partial charge in [0.1, 0.15) is 12.2 Å². The number of benzene rings is 1. The highest BCUT2D eigenvalue weighted by atomic mass is 32.2. The predicted molar refractivity (Wildman–Crippen MR) is 116 cm³/mol. The van der Waals surface area contributed by atoms with Crippen molar-refractivity contribution < 1.29 is 33.3 Å². The van der Waals surface area contributed by atoms with E-state index >= 15 is 0 Å². The summed E-state index contributed by atoms with van der Waals surface area (Å²) < 4.78 is 22.7. The molecular weight excluding hydrogens is 420 g/mol. The molecule has 0 aromatic heterocycles. The second-order valence-electron chi connectivity index (χ2n) is 7.87. The van der Waals surface area contributed by atoms with Crippen LogP contribution in [0.3, 0.4) is 0 Å². The van der Waals surface area contributed by atoms with E-state index < -0.39 is 35.2 Å². The molecular formula is C23H32O7S. The van der Waals surface area contributed by atoms with E-state index in [1.54, 1.807) is 0 Å². The molecule has 0 spiro atoms. The van der Waals surface area contributed by atoms with Crippen LogP contribution in [0.25, 0.3) is 0 Å². The highest BCUT2D eigenvalue weighted by molar-refractivity contribution is 8.01. The SMILES string of the molecule is CC[C@@H](OC(C)=O)[C@@H](C)C1OC(Sc2ccccc2)(C(=O)OC)CC(OC(C)=O)C1C. The Morgan fingerprint density at radius 1 is 1.19 bits per heavy atom. The number of rotatable bonds is 8. The zero-order chi connectivity index (χ0) is 23.2. The van der Waals surface area contributed by atoms with Gasteiger partial charge in [0.15, 0.2) is 0 Å². The van der Waals surface area contributed by atoms with Gasteiger partial charge in [0.25, 0.3) is 0 Å². The van der Waals surface area contributed by atoms with E-state index in [1.807, 2.05) is 51.1 Å². The molecule has 0 radical (unpaired) electrons. The molecule has 0 N–H and O–H groups in total. The lowest BCUT2D eigenvalue weighted by atomic mass is 9.81. The van der Waals surface area contributed by atoms with E-state index in [4.69, 9.17) is 18.9 Å². The maximum atomic E-state index is 13.0. The summed E-state index contributed by atoms with van der Waals surface area (Å²) in [5.74, 6) is -1.83. The molecule has 4 unspecified atom stereocenters. The number of hydrogen-bond acceptors (Lipinski definition) is 8. The van der Waals surface area contributed by atoms with Gasteiger partial charge in [-0.1, -0.05) is 50.7 Å². The molecule has 1 aromatic carbocycles. The number of ether oxygens (including phenoxy) is 4. The normalized spacial score (nSPS) is 27.6. The van der Waals surface area contributed by atoms with Gasteiger partial charge in [0.05, 0.1) is 13.2 Å². The van der Waals surface area contributed by atoms with Crippen molar-refractivity contribution in [2.45, 2.75) is 75.6 Å². The van der Waals surface area contributed by atoms with Gasteiger partial charge in [-0.15, -0.1) is 0 Å². The lowest BCUT2D eigenvalue weighted by Crippen LogP contribution is -2.57. The summed E-state index contributed by atoms with van der Waals surface area (Å²) in [6.45, 7) is 8.48. The highest BCUT2D eigenvalue weighted by Gasteiger charge is 2.55. The van der Waals surface area contributed by atoms with Crippen LogP contribution in [-0.2, 0) is 33.3 Å². The average Bonchev–Trinajstić information content (AvgIpc) is 2.73. The van der Waals surface area contributed by atoms with Crippen LogP contribution < -0.4 is 0 Å². The summed E-state index contributed by atoms with van der Waals surface area (Å²) in [7, 11) is 1.31. The maximum Gasteiger partial charge on any atom is 0.349 e. The number of thioether (sulfide) groups is 1. The van der Waals surface area contributed by atoms with Crippen LogP contribution in [0.15, 0.2) is 35.2 Å². The van der Waals surface area contributed by atoms with E-state index in [1.165, 1.54) is 32.7 Å². The van der Waals surface area contributed by atoms with Crippen molar-refractivity contribution in [3.05, 3.63) is 30.3 Å². The van der Waals surface area contributed by atoms with Crippen molar-refractivity contribution in [2.75, 3.05) is 7.11 Å². The Morgan fingerprint density at radius 3 is 2.35 bits per heavy atom. The van der Waals surface area contributed by atoms with Gasteiger partial charge in [0, 0.05) is 37.0 Å². The fourth-order valence-electron chi connectivity index (χ4n) is 4.05. The van der Waals surface area contributed by atoms with E-state index in [0.717, 1.165) is 4.90 Å². The fraction of sp³-hybridized carbons (Fsp3) is 0.609. The van der Waals surface area contributed by atoms with E-state index in [2.05, 4.69) is 0 Å². The molecule has 0 bridgehead atoms. The summed E-state index contributed by atoms with van der Waals surface area (Å²) in [6.07, 6.45) is -0.754. The zero-order valence-corrected chi connectivity index (χ0v) is 19.8. The lowest BCUT2D eigenvalue weighted by molar-refractivity contribution is -0.209. The number of carbonyl (C=O) groups excluding carboxylic acids is 3. The predicted octanol–water partition coefficient (Wildman–Crippen LogP) is 3.98. The van der Waals surface area contributed by atoms with Crippen molar-refractivity contribution >= 4 is 29.7 Å². The fourth-order valence-corrected chi connectivity index (χ4v) is 5.29. The van der Waals surface area contributed by atoms with Crippen molar-refractivity contribution in [1.29, 1.82) is 0 Å². The summed E-state index contributed by atoms with van der Waals surface area (Å²) >= 11 is 1.24. The minimum Gasteiger partial charge on any atom is -0.466 e. The Hall–Kier alpha value is -2.06. The van der Waals surface area contributed by atoms with Crippen LogP contribution in [0.1, 0.15) is 47.5 Å². The molecule has 1 aliphatic rings. The molecule has 0 saturated carbocycles. The Bertz CT molecular complexity index is 768.